The van der Waals surface area contributed by atoms with Gasteiger partial charge in [-0.05, 0) is 11.6 Å². The molecule has 0 N–H and O–H groups in total. The third kappa shape index (κ3) is 1.82. The number of hydrogen-bond donors (Lipinski definition) is 0. The van der Waals surface area contributed by atoms with Crippen LogP contribution in [0.25, 0.3) is 0 Å². The number of alkyl halides is 2. The number of fused-ring (bicyclic) bond motifs is 1. The number of carbonyl (C=O) groups is 1. The summed E-state index contributed by atoms with van der Waals surface area (Å²) < 4.78 is 24.8. The van der Waals surface area contributed by atoms with Crippen molar-refractivity contribution in [1.29, 1.82) is 0 Å². The number of nitrogens with zero attached hydrogens (tertiary/aromatic N) is 1. The lowest BCUT2D eigenvalue weighted by atomic mass is 9.83. The minimum Gasteiger partial charge on any atom is -0.347 e. The Balaban J connectivity index is 2.51. The van der Waals surface area contributed by atoms with Crippen molar-refractivity contribution >= 4 is 11.5 Å². The number of rotatable bonds is 2. The lowest BCUT2D eigenvalue weighted by Gasteiger charge is -2.23. The number of para-hydroxylation sites is 1. The van der Waals surface area contributed by atoms with Gasteiger partial charge in [0.1, 0.15) is 0 Å². The smallest absolute Gasteiger partial charge is 0.299 e. The quantitative estimate of drug-likeness (QED) is 0.753. The Hall–Kier alpha value is -1.71. The molecule has 0 bridgehead atoms. The van der Waals surface area contributed by atoms with E-state index in [4.69, 9.17) is 0 Å². The minimum atomic E-state index is -2.95. The van der Waals surface area contributed by atoms with Crippen LogP contribution in [0.1, 0.15) is 19.4 Å². The number of carbonyl (C=O) groups excluding carboxylic acids is 1. The highest BCUT2D eigenvalue weighted by molar-refractivity contribution is 5.94. The summed E-state index contributed by atoms with van der Waals surface area (Å²) in [5.74, 6) is -1.14. The zero-order valence-electron chi connectivity index (χ0n) is 10.6. The maximum absolute atomic E-state index is 12.4. The van der Waals surface area contributed by atoms with Gasteiger partial charge in [0, 0.05) is 29.9 Å². The van der Waals surface area contributed by atoms with Crippen LogP contribution in [0.5, 0.6) is 0 Å². The molecule has 1 aromatic carbocycles. The molecule has 1 aliphatic rings. The molecule has 4 heteroatoms. The monoisotopic (exact) mass is 251 g/mol. The SMILES string of the molecule is CN1C(=CC(=O)C(F)F)C(C)(C)c2ccccc21. The van der Waals surface area contributed by atoms with Crippen molar-refractivity contribution in [2.24, 2.45) is 0 Å². The summed E-state index contributed by atoms with van der Waals surface area (Å²) in [6.07, 6.45) is -1.89. The first kappa shape index (κ1) is 12.7. The molecule has 0 radical (unpaired) electrons. The van der Waals surface area contributed by atoms with Crippen molar-refractivity contribution in [3.8, 4) is 0 Å². The van der Waals surface area contributed by atoms with Gasteiger partial charge in [-0.25, -0.2) is 8.78 Å². The van der Waals surface area contributed by atoms with E-state index in [-0.39, 0.29) is 0 Å². The van der Waals surface area contributed by atoms with Gasteiger partial charge in [-0.3, -0.25) is 4.79 Å². The van der Waals surface area contributed by atoms with Gasteiger partial charge in [-0.1, -0.05) is 32.0 Å². The van der Waals surface area contributed by atoms with Crippen LogP contribution in [0.15, 0.2) is 36.0 Å². The number of anilines is 1. The molecule has 0 saturated heterocycles. The summed E-state index contributed by atoms with van der Waals surface area (Å²) >= 11 is 0. The molecule has 0 fully saturated rings. The van der Waals surface area contributed by atoms with Crippen LogP contribution in [0.3, 0.4) is 0 Å². The molecule has 18 heavy (non-hydrogen) atoms. The molecular formula is C14H15F2NO. The lowest BCUT2D eigenvalue weighted by molar-refractivity contribution is -0.124. The van der Waals surface area contributed by atoms with Gasteiger partial charge in [-0.2, -0.15) is 0 Å². The standard InChI is InChI=1S/C14H15F2NO/c1-14(2)9-6-4-5-7-10(9)17(3)12(14)8-11(18)13(15)16/h4-8,13H,1-3H3. The van der Waals surface area contributed by atoms with Crippen LogP contribution in [0, 0.1) is 0 Å². The number of benzene rings is 1. The van der Waals surface area contributed by atoms with Gasteiger partial charge < -0.3 is 4.90 Å². The Labute approximate surface area is 105 Å². The van der Waals surface area contributed by atoms with Crippen LogP contribution < -0.4 is 4.90 Å². The third-order valence-corrected chi connectivity index (χ3v) is 3.43. The summed E-state index contributed by atoms with van der Waals surface area (Å²) in [5.41, 5.74) is 2.17. The Morgan fingerprint density at radius 1 is 1.33 bits per heavy atom. The zero-order valence-corrected chi connectivity index (χ0v) is 10.6. The predicted octanol–water partition coefficient (Wildman–Crippen LogP) is 3.13. The summed E-state index contributed by atoms with van der Waals surface area (Å²) in [6.45, 7) is 3.86. The van der Waals surface area contributed by atoms with E-state index in [1.54, 1.807) is 11.9 Å². The van der Waals surface area contributed by atoms with Crippen molar-refractivity contribution < 1.29 is 13.6 Å². The summed E-state index contributed by atoms with van der Waals surface area (Å²) in [6, 6.07) is 7.68. The first-order valence-electron chi connectivity index (χ1n) is 5.73. The highest BCUT2D eigenvalue weighted by Crippen LogP contribution is 2.46. The molecule has 0 atom stereocenters. The average molecular weight is 251 g/mol. The van der Waals surface area contributed by atoms with Crippen LogP contribution in [0.2, 0.25) is 0 Å². The maximum atomic E-state index is 12.4. The van der Waals surface area contributed by atoms with E-state index < -0.39 is 17.6 Å². The second-order valence-corrected chi connectivity index (χ2v) is 4.93. The number of likely N-dealkylation sites (N-methyl/N-ethyl adjacent to an activating group) is 1. The summed E-state index contributed by atoms with van der Waals surface area (Å²) in [4.78, 5) is 13.0. The predicted molar refractivity (Wildman–Crippen MR) is 67.0 cm³/mol. The molecule has 0 amide bonds. The van der Waals surface area contributed by atoms with E-state index >= 15 is 0 Å². The Kier molecular flexibility index (Phi) is 2.97. The molecule has 1 aromatic rings. The van der Waals surface area contributed by atoms with Crippen molar-refractivity contribution in [2.75, 3.05) is 11.9 Å². The van der Waals surface area contributed by atoms with Crippen LogP contribution in [-0.2, 0) is 10.2 Å². The van der Waals surface area contributed by atoms with Gasteiger partial charge in [-0.15, -0.1) is 0 Å². The van der Waals surface area contributed by atoms with Crippen molar-refractivity contribution in [3.05, 3.63) is 41.6 Å². The van der Waals surface area contributed by atoms with Gasteiger partial charge in [0.25, 0.3) is 6.43 Å². The van der Waals surface area contributed by atoms with E-state index in [2.05, 4.69) is 0 Å². The Morgan fingerprint density at radius 3 is 2.50 bits per heavy atom. The molecule has 0 aromatic heterocycles. The van der Waals surface area contributed by atoms with Crippen molar-refractivity contribution in [1.82, 2.24) is 0 Å². The van der Waals surface area contributed by atoms with E-state index in [9.17, 15) is 13.6 Å². The van der Waals surface area contributed by atoms with Crippen molar-refractivity contribution in [2.45, 2.75) is 25.7 Å². The van der Waals surface area contributed by atoms with Crippen LogP contribution in [0.4, 0.5) is 14.5 Å². The first-order valence-corrected chi connectivity index (χ1v) is 5.73. The molecule has 0 aliphatic carbocycles. The van der Waals surface area contributed by atoms with Crippen LogP contribution >= 0.6 is 0 Å². The van der Waals surface area contributed by atoms with E-state index in [1.807, 2.05) is 38.1 Å². The largest absolute Gasteiger partial charge is 0.347 e. The molecule has 2 rings (SSSR count). The number of allylic oxidation sites excluding steroid dienone is 2. The highest BCUT2D eigenvalue weighted by atomic mass is 19.3. The number of ketones is 1. The van der Waals surface area contributed by atoms with E-state index in [1.165, 1.54) is 0 Å². The summed E-state index contributed by atoms with van der Waals surface area (Å²) in [7, 11) is 1.79. The van der Waals surface area contributed by atoms with Gasteiger partial charge >= 0.3 is 0 Å². The van der Waals surface area contributed by atoms with Gasteiger partial charge in [0.05, 0.1) is 0 Å². The molecule has 2 nitrogen and oxygen atoms in total. The maximum Gasteiger partial charge on any atom is 0.299 e. The molecule has 96 valence electrons. The van der Waals surface area contributed by atoms with E-state index in [0.29, 0.717) is 5.70 Å². The molecule has 1 heterocycles. The molecule has 0 saturated carbocycles. The topological polar surface area (TPSA) is 20.3 Å². The normalized spacial score (nSPS) is 19.4. The number of hydrogen-bond acceptors (Lipinski definition) is 2. The second kappa shape index (κ2) is 4.19. The summed E-state index contributed by atoms with van der Waals surface area (Å²) in [5, 5.41) is 0. The minimum absolute atomic E-state index is 0.435. The Bertz CT molecular complexity index is 520. The fourth-order valence-corrected chi connectivity index (χ4v) is 2.46. The van der Waals surface area contributed by atoms with Crippen molar-refractivity contribution in [3.63, 3.8) is 0 Å². The fraction of sp³-hybridized carbons (Fsp3) is 0.357. The zero-order chi connectivity index (χ0) is 13.5. The molecular weight excluding hydrogens is 236 g/mol. The third-order valence-electron chi connectivity index (χ3n) is 3.43. The van der Waals surface area contributed by atoms with E-state index in [0.717, 1.165) is 17.3 Å². The average Bonchev–Trinajstić information content (AvgIpc) is 2.51. The second-order valence-electron chi connectivity index (χ2n) is 4.93. The highest BCUT2D eigenvalue weighted by Gasteiger charge is 2.38. The van der Waals surface area contributed by atoms with Crippen LogP contribution in [-0.4, -0.2) is 19.3 Å². The first-order chi connectivity index (χ1) is 8.35. The van der Waals surface area contributed by atoms with Gasteiger partial charge in [0.15, 0.2) is 0 Å². The molecule has 1 aliphatic heterocycles. The lowest BCUT2D eigenvalue weighted by Crippen LogP contribution is -2.25. The molecule has 0 unspecified atom stereocenters. The molecule has 0 spiro atoms. The number of halogens is 2. The van der Waals surface area contributed by atoms with Gasteiger partial charge in [0.2, 0.25) is 5.78 Å². The fourth-order valence-electron chi connectivity index (χ4n) is 2.46. The Morgan fingerprint density at radius 2 is 1.94 bits per heavy atom.